The molecule has 0 rings (SSSR count). The van der Waals surface area contributed by atoms with Crippen LogP contribution in [-0.4, -0.2) is 17.3 Å². The summed E-state index contributed by atoms with van der Waals surface area (Å²) in [6.07, 6.45) is 16.0. The Morgan fingerprint density at radius 3 is 2.45 bits per heavy atom. The van der Waals surface area contributed by atoms with Crippen molar-refractivity contribution in [3.05, 3.63) is 22.3 Å². The number of hydrogen-bond acceptors (Lipinski definition) is 3. The second-order valence-corrected chi connectivity index (χ2v) is 5.23. The lowest BCUT2D eigenvalue weighted by atomic mass is 10.1. The van der Waals surface area contributed by atoms with Gasteiger partial charge in [0.15, 0.2) is 6.29 Å². The second kappa shape index (κ2) is 14.2. The predicted octanol–water partition coefficient (Wildman–Crippen LogP) is 4.61. The van der Waals surface area contributed by atoms with Crippen LogP contribution in [0.4, 0.5) is 0 Å². The maximum atomic E-state index is 10.9. The molecule has 1 unspecified atom stereocenters. The van der Waals surface area contributed by atoms with Crippen molar-refractivity contribution < 1.29 is 9.72 Å². The van der Waals surface area contributed by atoms with E-state index in [2.05, 4.69) is 6.92 Å². The zero-order valence-corrected chi connectivity index (χ0v) is 12.7. The topological polar surface area (TPSA) is 60.2 Å². The molecule has 0 aliphatic carbocycles. The standard InChI is InChI=1S/C16H28NO3/c1-2-3-4-10-13-16(17(19)20)14-11-8-6-5-7-9-12-15-18/h11,14,16H,2-10,12-13H2,1H3/b14-11+. The molecule has 0 aromatic carbocycles. The lowest BCUT2D eigenvalue weighted by Gasteiger charge is -2.04. The number of nitrogens with zero attached hydrogens (tertiary/aromatic N) is 1. The van der Waals surface area contributed by atoms with Gasteiger partial charge in [-0.25, -0.2) is 0 Å². The number of hydrogen-bond donors (Lipinski definition) is 0. The maximum absolute atomic E-state index is 10.9. The molecule has 0 amide bonds. The molecule has 20 heavy (non-hydrogen) atoms. The molecule has 0 saturated carbocycles. The molecule has 0 aliphatic rings. The highest BCUT2D eigenvalue weighted by Crippen LogP contribution is 2.10. The van der Waals surface area contributed by atoms with E-state index in [9.17, 15) is 14.9 Å². The third-order valence-electron chi connectivity index (χ3n) is 3.38. The number of allylic oxidation sites excluding steroid dienone is 1. The molecule has 0 N–H and O–H groups in total. The molecule has 0 aliphatic heterocycles. The fourth-order valence-corrected chi connectivity index (χ4v) is 2.12. The molecule has 4 nitrogen and oxygen atoms in total. The predicted molar refractivity (Wildman–Crippen MR) is 82.1 cm³/mol. The van der Waals surface area contributed by atoms with E-state index < -0.39 is 6.04 Å². The lowest BCUT2D eigenvalue weighted by Crippen LogP contribution is -2.16. The van der Waals surface area contributed by atoms with Crippen LogP contribution in [0.3, 0.4) is 0 Å². The van der Waals surface area contributed by atoms with Gasteiger partial charge in [-0.1, -0.05) is 45.1 Å². The van der Waals surface area contributed by atoms with Gasteiger partial charge in [-0.3, -0.25) is 14.9 Å². The van der Waals surface area contributed by atoms with Gasteiger partial charge in [-0.2, -0.15) is 0 Å². The van der Waals surface area contributed by atoms with Gasteiger partial charge in [-0.05, 0) is 31.8 Å². The van der Waals surface area contributed by atoms with Crippen LogP contribution in [0.5, 0.6) is 0 Å². The third-order valence-corrected chi connectivity index (χ3v) is 3.38. The summed E-state index contributed by atoms with van der Waals surface area (Å²) in [5, 5.41) is 10.9. The van der Waals surface area contributed by atoms with Gasteiger partial charge in [0.05, 0.1) is 0 Å². The van der Waals surface area contributed by atoms with E-state index in [4.69, 9.17) is 0 Å². The Morgan fingerprint density at radius 2 is 1.80 bits per heavy atom. The first-order valence-corrected chi connectivity index (χ1v) is 7.87. The molecule has 4 heteroatoms. The van der Waals surface area contributed by atoms with Crippen LogP contribution in [-0.2, 0) is 4.79 Å². The zero-order valence-electron chi connectivity index (χ0n) is 12.7. The van der Waals surface area contributed by atoms with Gasteiger partial charge in [0.25, 0.3) is 0 Å². The Hall–Kier alpha value is -1.19. The van der Waals surface area contributed by atoms with Crippen LogP contribution < -0.4 is 0 Å². The van der Waals surface area contributed by atoms with Crippen molar-refractivity contribution in [1.29, 1.82) is 0 Å². The normalized spacial score (nSPS) is 12.7. The summed E-state index contributed by atoms with van der Waals surface area (Å²) in [5.74, 6) is 0. The Labute approximate surface area is 122 Å². The van der Waals surface area contributed by atoms with Crippen LogP contribution >= 0.6 is 0 Å². The Balaban J connectivity index is 3.69. The summed E-state index contributed by atoms with van der Waals surface area (Å²) >= 11 is 0. The van der Waals surface area contributed by atoms with E-state index in [1.165, 1.54) is 0 Å². The van der Waals surface area contributed by atoms with Crippen molar-refractivity contribution in [3.8, 4) is 0 Å². The van der Waals surface area contributed by atoms with Crippen LogP contribution in [0.25, 0.3) is 0 Å². The van der Waals surface area contributed by atoms with E-state index in [1.54, 1.807) is 6.08 Å². The minimum Gasteiger partial charge on any atom is -0.291 e. The summed E-state index contributed by atoms with van der Waals surface area (Å²) < 4.78 is 0. The van der Waals surface area contributed by atoms with E-state index in [0.29, 0.717) is 12.8 Å². The van der Waals surface area contributed by atoms with Gasteiger partial charge in [0, 0.05) is 17.8 Å². The molecule has 0 spiro atoms. The number of rotatable bonds is 14. The van der Waals surface area contributed by atoms with Crippen molar-refractivity contribution in [1.82, 2.24) is 0 Å². The molecular weight excluding hydrogens is 254 g/mol. The highest BCUT2D eigenvalue weighted by atomic mass is 16.6. The summed E-state index contributed by atoms with van der Waals surface area (Å²) in [5.41, 5.74) is 0. The molecule has 0 saturated heterocycles. The summed E-state index contributed by atoms with van der Waals surface area (Å²) in [4.78, 5) is 20.7. The molecule has 0 heterocycles. The second-order valence-electron chi connectivity index (χ2n) is 5.23. The zero-order chi connectivity index (χ0) is 15.1. The van der Waals surface area contributed by atoms with Crippen molar-refractivity contribution >= 4 is 6.29 Å². The molecule has 0 fully saturated rings. The lowest BCUT2D eigenvalue weighted by molar-refractivity contribution is -0.510. The van der Waals surface area contributed by atoms with Crippen LogP contribution in [0.1, 0.15) is 77.6 Å². The Kier molecular flexibility index (Phi) is 13.4. The van der Waals surface area contributed by atoms with E-state index in [1.807, 2.05) is 12.4 Å². The SMILES string of the molecule is CCCCCCC(/C=C/CCCCCC[C]=O)[N+](=O)[O-]. The average molecular weight is 282 g/mol. The molecule has 115 valence electrons. The quantitative estimate of drug-likeness (QED) is 0.202. The van der Waals surface area contributed by atoms with E-state index in [-0.39, 0.29) is 4.92 Å². The minimum absolute atomic E-state index is 0.178. The smallest absolute Gasteiger partial charge is 0.231 e. The highest BCUT2D eigenvalue weighted by molar-refractivity contribution is 5.50. The molecule has 1 atom stereocenters. The third kappa shape index (κ3) is 11.9. The van der Waals surface area contributed by atoms with Crippen molar-refractivity contribution in [2.75, 3.05) is 0 Å². The summed E-state index contributed by atoms with van der Waals surface area (Å²) in [6.45, 7) is 2.14. The number of unbranched alkanes of at least 4 members (excludes halogenated alkanes) is 8. The van der Waals surface area contributed by atoms with E-state index in [0.717, 1.165) is 57.8 Å². The first-order chi connectivity index (χ1) is 9.72. The summed E-state index contributed by atoms with van der Waals surface area (Å²) in [6, 6.07) is -0.517. The number of nitro groups is 1. The van der Waals surface area contributed by atoms with E-state index >= 15 is 0 Å². The summed E-state index contributed by atoms with van der Waals surface area (Å²) in [7, 11) is 0. The fourth-order valence-electron chi connectivity index (χ4n) is 2.12. The van der Waals surface area contributed by atoms with Crippen LogP contribution in [0.15, 0.2) is 12.2 Å². The van der Waals surface area contributed by atoms with Gasteiger partial charge in [0.2, 0.25) is 6.04 Å². The van der Waals surface area contributed by atoms with Gasteiger partial charge < -0.3 is 0 Å². The molecular formula is C16H28NO3. The Morgan fingerprint density at radius 1 is 1.10 bits per heavy atom. The monoisotopic (exact) mass is 282 g/mol. The largest absolute Gasteiger partial charge is 0.291 e. The van der Waals surface area contributed by atoms with Gasteiger partial charge in [0.1, 0.15) is 0 Å². The molecule has 1 radical (unpaired) electrons. The van der Waals surface area contributed by atoms with Crippen molar-refractivity contribution in [2.24, 2.45) is 0 Å². The van der Waals surface area contributed by atoms with Crippen LogP contribution in [0, 0.1) is 10.1 Å². The van der Waals surface area contributed by atoms with Gasteiger partial charge in [-0.15, -0.1) is 0 Å². The minimum atomic E-state index is -0.517. The first kappa shape index (κ1) is 18.8. The Bertz CT molecular complexity index is 277. The molecule has 0 bridgehead atoms. The van der Waals surface area contributed by atoms with Crippen LogP contribution in [0.2, 0.25) is 0 Å². The van der Waals surface area contributed by atoms with Crippen molar-refractivity contribution in [2.45, 2.75) is 83.6 Å². The van der Waals surface area contributed by atoms with Crippen molar-refractivity contribution in [3.63, 3.8) is 0 Å². The number of carbonyl (C=O) groups excluding carboxylic acids is 1. The highest BCUT2D eigenvalue weighted by Gasteiger charge is 2.14. The maximum Gasteiger partial charge on any atom is 0.231 e. The first-order valence-electron chi connectivity index (χ1n) is 7.87. The fraction of sp³-hybridized carbons (Fsp3) is 0.812. The average Bonchev–Trinajstić information content (AvgIpc) is 2.43. The van der Waals surface area contributed by atoms with Gasteiger partial charge >= 0.3 is 0 Å². The molecule has 0 aromatic heterocycles. The molecule has 0 aromatic rings.